The number of carbonyl (C=O) groups excluding carboxylic acids is 1. The minimum atomic E-state index is -0.581. The maximum absolute atomic E-state index is 12.2. The van der Waals surface area contributed by atoms with E-state index >= 15 is 0 Å². The summed E-state index contributed by atoms with van der Waals surface area (Å²) in [5, 5.41) is 12.6. The van der Waals surface area contributed by atoms with Gasteiger partial charge in [0.25, 0.3) is 0 Å². The molecule has 0 aliphatic heterocycles. The van der Waals surface area contributed by atoms with E-state index in [-0.39, 0.29) is 18.6 Å². The molecule has 1 rings (SSSR count). The van der Waals surface area contributed by atoms with Gasteiger partial charge in [0.15, 0.2) is 0 Å². The van der Waals surface area contributed by atoms with E-state index in [4.69, 9.17) is 16.3 Å². The number of anilines is 1. The van der Waals surface area contributed by atoms with Gasteiger partial charge in [0, 0.05) is 18.3 Å². The number of urea groups is 1. The fourth-order valence-electron chi connectivity index (χ4n) is 1.75. The van der Waals surface area contributed by atoms with Crippen molar-refractivity contribution in [3.05, 3.63) is 23.2 Å². The first kappa shape index (κ1) is 16.6. The molecule has 0 fully saturated rings. The van der Waals surface area contributed by atoms with Crippen LogP contribution in [-0.4, -0.2) is 41.8 Å². The zero-order chi connectivity index (χ0) is 15.3. The third-order valence-electron chi connectivity index (χ3n) is 2.75. The van der Waals surface area contributed by atoms with E-state index in [1.165, 1.54) is 7.11 Å². The summed E-state index contributed by atoms with van der Waals surface area (Å²) in [6.07, 6.45) is -0.581. The summed E-state index contributed by atoms with van der Waals surface area (Å²) in [6, 6.07) is 4.73. The van der Waals surface area contributed by atoms with Crippen LogP contribution in [0.2, 0.25) is 5.02 Å². The predicted octanol–water partition coefficient (Wildman–Crippen LogP) is 2.97. The summed E-state index contributed by atoms with van der Waals surface area (Å²) in [5.74, 6) is 0.550. The van der Waals surface area contributed by atoms with Crippen LogP contribution in [0.25, 0.3) is 0 Å². The summed E-state index contributed by atoms with van der Waals surface area (Å²) < 4.78 is 5.06. The van der Waals surface area contributed by atoms with E-state index in [9.17, 15) is 9.90 Å². The third kappa shape index (κ3) is 4.58. The van der Waals surface area contributed by atoms with Gasteiger partial charge in [-0.05, 0) is 39.0 Å². The Hall–Kier alpha value is -1.46. The molecule has 0 spiro atoms. The number of rotatable bonds is 5. The number of nitrogens with zero attached hydrogens (tertiary/aromatic N) is 1. The van der Waals surface area contributed by atoms with Gasteiger partial charge in [-0.1, -0.05) is 11.6 Å². The Morgan fingerprint density at radius 3 is 2.55 bits per heavy atom. The number of hydrogen-bond acceptors (Lipinski definition) is 3. The van der Waals surface area contributed by atoms with Crippen LogP contribution >= 0.6 is 11.6 Å². The van der Waals surface area contributed by atoms with Crippen molar-refractivity contribution in [1.82, 2.24) is 4.90 Å². The molecule has 0 heterocycles. The summed E-state index contributed by atoms with van der Waals surface area (Å²) in [6.45, 7) is 5.70. The number of aliphatic hydroxyl groups is 1. The normalized spacial score (nSPS) is 12.2. The van der Waals surface area contributed by atoms with E-state index in [1.54, 1.807) is 30.0 Å². The lowest BCUT2D eigenvalue weighted by molar-refractivity contribution is 0.125. The molecule has 0 aliphatic rings. The van der Waals surface area contributed by atoms with Crippen molar-refractivity contribution in [2.24, 2.45) is 0 Å². The lowest BCUT2D eigenvalue weighted by Gasteiger charge is -2.28. The zero-order valence-electron chi connectivity index (χ0n) is 12.2. The van der Waals surface area contributed by atoms with Crippen molar-refractivity contribution in [2.75, 3.05) is 19.0 Å². The van der Waals surface area contributed by atoms with Crippen LogP contribution < -0.4 is 10.1 Å². The van der Waals surface area contributed by atoms with Crippen molar-refractivity contribution in [1.29, 1.82) is 0 Å². The van der Waals surface area contributed by atoms with Crippen molar-refractivity contribution < 1.29 is 14.6 Å². The molecule has 1 unspecified atom stereocenters. The second kappa shape index (κ2) is 7.36. The Labute approximate surface area is 124 Å². The Balaban J connectivity index is 2.80. The van der Waals surface area contributed by atoms with Gasteiger partial charge in [-0.3, -0.25) is 0 Å². The molecule has 2 amide bonds. The van der Waals surface area contributed by atoms with E-state index in [0.29, 0.717) is 16.5 Å². The van der Waals surface area contributed by atoms with Crippen LogP contribution in [0, 0.1) is 0 Å². The Morgan fingerprint density at radius 2 is 2.10 bits per heavy atom. The number of carbonyl (C=O) groups is 1. The van der Waals surface area contributed by atoms with Gasteiger partial charge < -0.3 is 20.1 Å². The first-order valence-corrected chi connectivity index (χ1v) is 6.82. The van der Waals surface area contributed by atoms with Gasteiger partial charge in [0.05, 0.1) is 18.2 Å². The molecule has 6 heteroatoms. The lowest BCUT2D eigenvalue weighted by Crippen LogP contribution is -2.43. The standard InChI is InChI=1S/C14H21ClN2O3/c1-9(2)17(8-10(3)18)14(19)16-11-5-6-13(20-4)12(15)7-11/h5-7,9-10,18H,8H2,1-4H3,(H,16,19). The van der Waals surface area contributed by atoms with E-state index in [1.807, 2.05) is 13.8 Å². The van der Waals surface area contributed by atoms with Gasteiger partial charge in [0.1, 0.15) is 5.75 Å². The summed E-state index contributed by atoms with van der Waals surface area (Å²) in [7, 11) is 1.53. The van der Waals surface area contributed by atoms with Crippen LogP contribution in [0.3, 0.4) is 0 Å². The number of ether oxygens (including phenoxy) is 1. The maximum Gasteiger partial charge on any atom is 0.322 e. The fraction of sp³-hybridized carbons (Fsp3) is 0.500. The molecule has 0 bridgehead atoms. The van der Waals surface area contributed by atoms with Crippen LogP contribution in [-0.2, 0) is 0 Å². The average molecular weight is 301 g/mol. The number of hydrogen-bond donors (Lipinski definition) is 2. The third-order valence-corrected chi connectivity index (χ3v) is 3.04. The van der Waals surface area contributed by atoms with Crippen LogP contribution in [0.5, 0.6) is 5.75 Å². The summed E-state index contributed by atoms with van der Waals surface area (Å²) >= 11 is 6.01. The quantitative estimate of drug-likeness (QED) is 0.879. The molecule has 0 radical (unpaired) electrons. The molecule has 1 aromatic carbocycles. The number of aliphatic hydroxyl groups excluding tert-OH is 1. The highest BCUT2D eigenvalue weighted by molar-refractivity contribution is 6.32. The first-order valence-electron chi connectivity index (χ1n) is 6.44. The first-order chi connectivity index (χ1) is 9.35. The lowest BCUT2D eigenvalue weighted by atomic mass is 10.2. The Morgan fingerprint density at radius 1 is 1.45 bits per heavy atom. The van der Waals surface area contributed by atoms with Gasteiger partial charge >= 0.3 is 6.03 Å². The molecule has 20 heavy (non-hydrogen) atoms. The van der Waals surface area contributed by atoms with Gasteiger partial charge in [-0.25, -0.2) is 4.79 Å². The van der Waals surface area contributed by atoms with E-state index in [2.05, 4.69) is 5.32 Å². The van der Waals surface area contributed by atoms with Crippen LogP contribution in [0.1, 0.15) is 20.8 Å². The molecule has 1 aromatic rings. The SMILES string of the molecule is COc1ccc(NC(=O)N(CC(C)O)C(C)C)cc1Cl. The number of halogens is 1. The van der Waals surface area contributed by atoms with Gasteiger partial charge in [0.2, 0.25) is 0 Å². The maximum atomic E-state index is 12.2. The number of methoxy groups -OCH3 is 1. The molecule has 5 nitrogen and oxygen atoms in total. The number of nitrogens with one attached hydrogen (secondary N) is 1. The van der Waals surface area contributed by atoms with Crippen molar-refractivity contribution >= 4 is 23.3 Å². The second-order valence-corrected chi connectivity index (χ2v) is 5.28. The molecular formula is C14H21ClN2O3. The average Bonchev–Trinajstić information content (AvgIpc) is 2.35. The monoisotopic (exact) mass is 300 g/mol. The van der Waals surface area contributed by atoms with Crippen molar-refractivity contribution in [3.63, 3.8) is 0 Å². The number of benzene rings is 1. The second-order valence-electron chi connectivity index (χ2n) is 4.87. The van der Waals surface area contributed by atoms with E-state index < -0.39 is 6.10 Å². The van der Waals surface area contributed by atoms with Gasteiger partial charge in [-0.15, -0.1) is 0 Å². The molecule has 1 atom stereocenters. The number of amides is 2. The molecular weight excluding hydrogens is 280 g/mol. The highest BCUT2D eigenvalue weighted by Gasteiger charge is 2.19. The fourth-order valence-corrected chi connectivity index (χ4v) is 2.01. The molecule has 0 saturated heterocycles. The molecule has 0 aromatic heterocycles. The van der Waals surface area contributed by atoms with E-state index in [0.717, 1.165) is 0 Å². The molecule has 0 saturated carbocycles. The minimum absolute atomic E-state index is 0.0154. The van der Waals surface area contributed by atoms with Crippen molar-refractivity contribution in [2.45, 2.75) is 32.9 Å². The zero-order valence-corrected chi connectivity index (χ0v) is 12.9. The topological polar surface area (TPSA) is 61.8 Å². The predicted molar refractivity (Wildman–Crippen MR) is 80.5 cm³/mol. The smallest absolute Gasteiger partial charge is 0.322 e. The Bertz CT molecular complexity index is 464. The van der Waals surface area contributed by atoms with Crippen LogP contribution in [0.4, 0.5) is 10.5 Å². The molecule has 112 valence electrons. The highest BCUT2D eigenvalue weighted by Crippen LogP contribution is 2.27. The van der Waals surface area contributed by atoms with Crippen LogP contribution in [0.15, 0.2) is 18.2 Å². The molecule has 0 aliphatic carbocycles. The van der Waals surface area contributed by atoms with Crippen molar-refractivity contribution in [3.8, 4) is 5.75 Å². The Kier molecular flexibility index (Phi) is 6.10. The summed E-state index contributed by atoms with van der Waals surface area (Å²) in [5.41, 5.74) is 0.581. The largest absolute Gasteiger partial charge is 0.495 e. The highest BCUT2D eigenvalue weighted by atomic mass is 35.5. The summed E-state index contributed by atoms with van der Waals surface area (Å²) in [4.78, 5) is 13.7. The minimum Gasteiger partial charge on any atom is -0.495 e. The molecule has 2 N–H and O–H groups in total. The van der Waals surface area contributed by atoms with Gasteiger partial charge in [-0.2, -0.15) is 0 Å².